The zero-order valence-electron chi connectivity index (χ0n) is 18.9. The molecule has 162 valence electrons. The number of hydrogen-bond acceptors (Lipinski definition) is 3. The summed E-state index contributed by atoms with van der Waals surface area (Å²) in [4.78, 5) is 6.25. The van der Waals surface area contributed by atoms with E-state index in [-0.39, 0.29) is 5.41 Å². The van der Waals surface area contributed by atoms with E-state index in [1.54, 1.807) is 17.2 Å². The molecular formula is C28H30N4. The highest BCUT2D eigenvalue weighted by Gasteiger charge is 2.23. The van der Waals surface area contributed by atoms with E-state index in [1.165, 1.54) is 47.9 Å². The predicted molar refractivity (Wildman–Crippen MR) is 128 cm³/mol. The molecule has 4 aromatic rings. The highest BCUT2D eigenvalue weighted by atomic mass is 15.5. The van der Waals surface area contributed by atoms with E-state index in [0.717, 1.165) is 23.9 Å². The lowest BCUT2D eigenvalue weighted by Gasteiger charge is -2.28. The molecule has 0 saturated heterocycles. The molecule has 1 aliphatic rings. The number of benzene rings is 2. The smallest absolute Gasteiger partial charge is 0.174 e. The molecule has 0 aliphatic heterocycles. The van der Waals surface area contributed by atoms with Crippen molar-refractivity contribution in [2.24, 2.45) is 5.92 Å². The van der Waals surface area contributed by atoms with E-state index in [1.807, 2.05) is 12.1 Å². The van der Waals surface area contributed by atoms with Crippen LogP contribution >= 0.6 is 0 Å². The first-order valence-electron chi connectivity index (χ1n) is 11.6. The fraction of sp³-hybridized carbons (Fsp3) is 0.321. The van der Waals surface area contributed by atoms with Crippen LogP contribution in [0.3, 0.4) is 0 Å². The minimum absolute atomic E-state index is 0.0303. The van der Waals surface area contributed by atoms with Crippen molar-refractivity contribution in [1.29, 1.82) is 0 Å². The summed E-state index contributed by atoms with van der Waals surface area (Å²) in [5, 5.41) is 8.34. The zero-order chi connectivity index (χ0) is 22.0. The standard InChI is InChI=1S/C28H30N4/c1-28(2,24-13-9-22(10-14-24)19-21-5-3-6-21)25-15-11-23(12-16-25)20-26-7-4-8-27(31-26)32-29-17-18-30-32/h4,7-18,21H,3,5-6,19-20H2,1-2H3. The Morgan fingerprint density at radius 1 is 0.812 bits per heavy atom. The lowest BCUT2D eigenvalue weighted by molar-refractivity contribution is 0.314. The van der Waals surface area contributed by atoms with Gasteiger partial charge in [0.1, 0.15) is 0 Å². The number of nitrogens with zero attached hydrogens (tertiary/aromatic N) is 4. The van der Waals surface area contributed by atoms with Crippen molar-refractivity contribution in [2.75, 3.05) is 0 Å². The molecule has 0 atom stereocenters. The van der Waals surface area contributed by atoms with E-state index >= 15 is 0 Å². The molecule has 1 aliphatic carbocycles. The molecule has 0 radical (unpaired) electrons. The number of hydrogen-bond donors (Lipinski definition) is 0. The topological polar surface area (TPSA) is 43.6 Å². The Morgan fingerprint density at radius 2 is 1.44 bits per heavy atom. The molecule has 1 saturated carbocycles. The van der Waals surface area contributed by atoms with Gasteiger partial charge in [-0.3, -0.25) is 0 Å². The van der Waals surface area contributed by atoms with Crippen LogP contribution in [0.25, 0.3) is 5.82 Å². The van der Waals surface area contributed by atoms with Crippen molar-refractivity contribution in [1.82, 2.24) is 20.0 Å². The maximum Gasteiger partial charge on any atom is 0.174 e. The molecule has 2 aromatic heterocycles. The van der Waals surface area contributed by atoms with E-state index in [4.69, 9.17) is 4.98 Å². The fourth-order valence-electron chi connectivity index (χ4n) is 4.51. The third-order valence-electron chi connectivity index (χ3n) is 6.90. The molecule has 0 bridgehead atoms. The summed E-state index contributed by atoms with van der Waals surface area (Å²) < 4.78 is 0. The Labute approximate surface area is 190 Å². The highest BCUT2D eigenvalue weighted by molar-refractivity contribution is 5.40. The molecule has 4 heteroatoms. The quantitative estimate of drug-likeness (QED) is 0.371. The van der Waals surface area contributed by atoms with Crippen LogP contribution in [-0.2, 0) is 18.3 Å². The molecule has 0 spiro atoms. The van der Waals surface area contributed by atoms with E-state index in [0.29, 0.717) is 0 Å². The highest BCUT2D eigenvalue weighted by Crippen LogP contribution is 2.33. The van der Waals surface area contributed by atoms with Crippen LogP contribution in [0.4, 0.5) is 0 Å². The van der Waals surface area contributed by atoms with Crippen LogP contribution in [0.2, 0.25) is 0 Å². The van der Waals surface area contributed by atoms with Gasteiger partial charge in [0.05, 0.1) is 12.4 Å². The SMILES string of the molecule is CC(C)(c1ccc(Cc2cccc(-n3nccn3)n2)cc1)c1ccc(CC2CCC2)cc1. The number of rotatable bonds is 7. The average molecular weight is 423 g/mol. The Kier molecular flexibility index (Phi) is 5.60. The van der Waals surface area contributed by atoms with Gasteiger partial charge in [0.25, 0.3) is 0 Å². The third kappa shape index (κ3) is 4.36. The Hall–Kier alpha value is -3.27. The molecule has 1 fully saturated rings. The van der Waals surface area contributed by atoms with Gasteiger partial charge in [0.2, 0.25) is 0 Å². The summed E-state index contributed by atoms with van der Waals surface area (Å²) in [6, 6.07) is 24.3. The molecule has 32 heavy (non-hydrogen) atoms. The summed E-state index contributed by atoms with van der Waals surface area (Å²) in [6.07, 6.45) is 9.56. The van der Waals surface area contributed by atoms with E-state index < -0.39 is 0 Å². The molecule has 0 amide bonds. The molecular weight excluding hydrogens is 392 g/mol. The first kappa shape index (κ1) is 20.6. The van der Waals surface area contributed by atoms with Gasteiger partial charge in [-0.05, 0) is 46.7 Å². The molecule has 5 rings (SSSR count). The monoisotopic (exact) mass is 422 g/mol. The van der Waals surface area contributed by atoms with Gasteiger partial charge in [-0.25, -0.2) is 4.98 Å². The molecule has 0 unspecified atom stereocenters. The number of pyridine rings is 1. The van der Waals surface area contributed by atoms with Gasteiger partial charge in [-0.2, -0.15) is 10.2 Å². The van der Waals surface area contributed by atoms with Crippen LogP contribution in [0.5, 0.6) is 0 Å². The minimum Gasteiger partial charge on any atom is -0.232 e. The van der Waals surface area contributed by atoms with Crippen molar-refractivity contribution < 1.29 is 0 Å². The second-order valence-electron chi connectivity index (χ2n) is 9.50. The van der Waals surface area contributed by atoms with Crippen molar-refractivity contribution in [3.05, 3.63) is 107 Å². The first-order valence-corrected chi connectivity index (χ1v) is 11.6. The summed E-state index contributed by atoms with van der Waals surface area (Å²) in [6.45, 7) is 4.62. The van der Waals surface area contributed by atoms with Crippen molar-refractivity contribution in [3.63, 3.8) is 0 Å². The maximum absolute atomic E-state index is 4.71. The second kappa shape index (κ2) is 8.70. The lowest BCUT2D eigenvalue weighted by atomic mass is 9.76. The summed E-state index contributed by atoms with van der Waals surface area (Å²) >= 11 is 0. The van der Waals surface area contributed by atoms with Gasteiger partial charge in [-0.15, -0.1) is 4.80 Å². The number of aromatic nitrogens is 4. The molecule has 0 N–H and O–H groups in total. The average Bonchev–Trinajstić information content (AvgIpc) is 3.32. The Morgan fingerprint density at radius 3 is 2.03 bits per heavy atom. The second-order valence-corrected chi connectivity index (χ2v) is 9.50. The van der Waals surface area contributed by atoms with Crippen LogP contribution in [0, 0.1) is 5.92 Å². The van der Waals surface area contributed by atoms with Gasteiger partial charge < -0.3 is 0 Å². The van der Waals surface area contributed by atoms with Gasteiger partial charge in [0.15, 0.2) is 5.82 Å². The lowest BCUT2D eigenvalue weighted by Crippen LogP contribution is -2.19. The van der Waals surface area contributed by atoms with Crippen LogP contribution < -0.4 is 0 Å². The zero-order valence-corrected chi connectivity index (χ0v) is 18.9. The normalized spacial score (nSPS) is 14.3. The third-order valence-corrected chi connectivity index (χ3v) is 6.90. The van der Waals surface area contributed by atoms with Crippen molar-refractivity contribution in [2.45, 2.75) is 51.4 Å². The predicted octanol–water partition coefficient (Wildman–Crippen LogP) is 5.92. The van der Waals surface area contributed by atoms with Crippen LogP contribution in [-0.4, -0.2) is 20.0 Å². The molecule has 2 aromatic carbocycles. The van der Waals surface area contributed by atoms with Crippen LogP contribution in [0.15, 0.2) is 79.1 Å². The fourth-order valence-corrected chi connectivity index (χ4v) is 4.51. The Bertz CT molecular complexity index is 1160. The maximum atomic E-state index is 4.71. The van der Waals surface area contributed by atoms with Gasteiger partial charge >= 0.3 is 0 Å². The Balaban J connectivity index is 1.29. The molecule has 2 heterocycles. The van der Waals surface area contributed by atoms with Crippen molar-refractivity contribution >= 4 is 0 Å². The summed E-state index contributed by atoms with van der Waals surface area (Å²) in [7, 11) is 0. The van der Waals surface area contributed by atoms with E-state index in [2.05, 4.69) is 78.6 Å². The van der Waals surface area contributed by atoms with E-state index in [9.17, 15) is 0 Å². The minimum atomic E-state index is -0.0303. The largest absolute Gasteiger partial charge is 0.232 e. The van der Waals surface area contributed by atoms with Gasteiger partial charge in [-0.1, -0.05) is 87.7 Å². The first-order chi connectivity index (χ1) is 15.6. The van der Waals surface area contributed by atoms with Gasteiger partial charge in [0, 0.05) is 17.5 Å². The van der Waals surface area contributed by atoms with Crippen molar-refractivity contribution in [3.8, 4) is 5.82 Å². The summed E-state index contributed by atoms with van der Waals surface area (Å²) in [5.74, 6) is 1.65. The summed E-state index contributed by atoms with van der Waals surface area (Å²) in [5.41, 5.74) is 6.40. The van der Waals surface area contributed by atoms with Crippen LogP contribution in [0.1, 0.15) is 61.1 Å². The molecule has 4 nitrogen and oxygen atoms in total.